The molecule has 0 amide bonds. The maximum atomic E-state index is 13.4. The summed E-state index contributed by atoms with van der Waals surface area (Å²) in [6.45, 7) is 3.53. The van der Waals surface area contributed by atoms with Crippen LogP contribution in [0.1, 0.15) is 31.7 Å². The minimum Gasteiger partial charge on any atom is -0.329 e. The third-order valence-electron chi connectivity index (χ3n) is 3.85. The SMILES string of the molecule is CC1CCCC(CN)N1Cc1cccc(F)c1Cl. The van der Waals surface area contributed by atoms with E-state index in [1.165, 1.54) is 18.9 Å². The fourth-order valence-corrected chi connectivity index (χ4v) is 2.93. The van der Waals surface area contributed by atoms with Gasteiger partial charge in [0.05, 0.1) is 5.02 Å². The van der Waals surface area contributed by atoms with Crippen LogP contribution in [0.4, 0.5) is 4.39 Å². The van der Waals surface area contributed by atoms with Crippen LogP contribution >= 0.6 is 11.6 Å². The second kappa shape index (κ2) is 6.00. The van der Waals surface area contributed by atoms with Crippen molar-refractivity contribution in [2.24, 2.45) is 5.73 Å². The summed E-state index contributed by atoms with van der Waals surface area (Å²) < 4.78 is 13.4. The third-order valence-corrected chi connectivity index (χ3v) is 4.27. The molecule has 1 aromatic carbocycles. The molecule has 0 aromatic heterocycles. The lowest BCUT2D eigenvalue weighted by Crippen LogP contribution is -2.48. The molecule has 100 valence electrons. The van der Waals surface area contributed by atoms with E-state index < -0.39 is 0 Å². The third kappa shape index (κ3) is 2.85. The summed E-state index contributed by atoms with van der Waals surface area (Å²) in [4.78, 5) is 2.35. The summed E-state index contributed by atoms with van der Waals surface area (Å²) in [5, 5.41) is 0.242. The van der Waals surface area contributed by atoms with Crippen molar-refractivity contribution in [3.05, 3.63) is 34.6 Å². The number of likely N-dealkylation sites (tertiary alicyclic amines) is 1. The van der Waals surface area contributed by atoms with Gasteiger partial charge in [0.2, 0.25) is 0 Å². The summed E-state index contributed by atoms with van der Waals surface area (Å²) in [5.74, 6) is -0.344. The molecule has 0 spiro atoms. The highest BCUT2D eigenvalue weighted by Crippen LogP contribution is 2.27. The molecule has 1 fully saturated rings. The fraction of sp³-hybridized carbons (Fsp3) is 0.571. The van der Waals surface area contributed by atoms with E-state index in [1.54, 1.807) is 6.07 Å². The molecule has 2 N–H and O–H groups in total. The Balaban J connectivity index is 2.17. The van der Waals surface area contributed by atoms with Gasteiger partial charge in [-0.05, 0) is 31.4 Å². The number of piperidine rings is 1. The van der Waals surface area contributed by atoms with Crippen LogP contribution in [0, 0.1) is 5.82 Å². The van der Waals surface area contributed by atoms with Crippen LogP contribution in [0.3, 0.4) is 0 Å². The molecule has 1 aromatic rings. The first-order valence-electron chi connectivity index (χ1n) is 6.52. The topological polar surface area (TPSA) is 29.3 Å². The highest BCUT2D eigenvalue weighted by molar-refractivity contribution is 6.31. The predicted molar refractivity (Wildman–Crippen MR) is 73.1 cm³/mol. The summed E-state index contributed by atoms with van der Waals surface area (Å²) in [5.41, 5.74) is 6.68. The number of nitrogens with zero attached hydrogens (tertiary/aromatic N) is 1. The molecule has 0 aliphatic carbocycles. The first-order chi connectivity index (χ1) is 8.63. The Hall–Kier alpha value is -0.640. The van der Waals surface area contributed by atoms with Crippen molar-refractivity contribution >= 4 is 11.6 Å². The average Bonchev–Trinajstić information content (AvgIpc) is 2.37. The molecule has 0 saturated carbocycles. The van der Waals surface area contributed by atoms with Gasteiger partial charge in [0, 0.05) is 25.2 Å². The van der Waals surface area contributed by atoms with Gasteiger partial charge in [-0.15, -0.1) is 0 Å². The maximum Gasteiger partial charge on any atom is 0.142 e. The Morgan fingerprint density at radius 2 is 2.22 bits per heavy atom. The van der Waals surface area contributed by atoms with E-state index in [0.717, 1.165) is 12.0 Å². The zero-order valence-electron chi connectivity index (χ0n) is 10.7. The molecule has 2 nitrogen and oxygen atoms in total. The highest BCUT2D eigenvalue weighted by Gasteiger charge is 2.27. The minimum absolute atomic E-state index is 0.242. The number of halogens is 2. The van der Waals surface area contributed by atoms with E-state index in [2.05, 4.69) is 11.8 Å². The Kier molecular flexibility index (Phi) is 4.60. The van der Waals surface area contributed by atoms with Crippen molar-refractivity contribution in [2.45, 2.75) is 44.8 Å². The molecule has 1 aliphatic heterocycles. The molecule has 0 radical (unpaired) electrons. The van der Waals surface area contributed by atoms with Gasteiger partial charge >= 0.3 is 0 Å². The predicted octanol–water partition coefficient (Wildman–Crippen LogP) is 3.18. The van der Waals surface area contributed by atoms with Crippen molar-refractivity contribution in [2.75, 3.05) is 6.54 Å². The van der Waals surface area contributed by atoms with Gasteiger partial charge in [0.15, 0.2) is 0 Å². The van der Waals surface area contributed by atoms with Gasteiger partial charge in [-0.2, -0.15) is 0 Å². The first-order valence-corrected chi connectivity index (χ1v) is 6.90. The Morgan fingerprint density at radius 3 is 2.94 bits per heavy atom. The van der Waals surface area contributed by atoms with Crippen molar-refractivity contribution in [3.63, 3.8) is 0 Å². The molecule has 2 atom stereocenters. The molecule has 18 heavy (non-hydrogen) atoms. The Labute approximate surface area is 113 Å². The lowest BCUT2D eigenvalue weighted by molar-refractivity contribution is 0.0891. The number of nitrogens with two attached hydrogens (primary N) is 1. The summed E-state index contributed by atoms with van der Waals surface area (Å²) in [7, 11) is 0. The molecule has 2 rings (SSSR count). The zero-order chi connectivity index (χ0) is 13.1. The van der Waals surface area contributed by atoms with E-state index in [0.29, 0.717) is 25.2 Å². The van der Waals surface area contributed by atoms with Crippen LogP contribution < -0.4 is 5.73 Å². The monoisotopic (exact) mass is 270 g/mol. The minimum atomic E-state index is -0.344. The molecule has 1 heterocycles. The Morgan fingerprint density at radius 1 is 1.44 bits per heavy atom. The van der Waals surface area contributed by atoms with Crippen LogP contribution in [0.15, 0.2) is 18.2 Å². The van der Waals surface area contributed by atoms with Crippen LogP contribution in [-0.2, 0) is 6.54 Å². The highest BCUT2D eigenvalue weighted by atomic mass is 35.5. The zero-order valence-corrected chi connectivity index (χ0v) is 11.5. The van der Waals surface area contributed by atoms with Gasteiger partial charge in [-0.1, -0.05) is 30.2 Å². The second-order valence-electron chi connectivity index (χ2n) is 5.05. The van der Waals surface area contributed by atoms with Crippen molar-refractivity contribution in [1.29, 1.82) is 0 Å². The molecule has 0 bridgehead atoms. The van der Waals surface area contributed by atoms with E-state index in [4.69, 9.17) is 17.3 Å². The van der Waals surface area contributed by atoms with Crippen LogP contribution in [0.25, 0.3) is 0 Å². The quantitative estimate of drug-likeness (QED) is 0.914. The second-order valence-corrected chi connectivity index (χ2v) is 5.43. The lowest BCUT2D eigenvalue weighted by Gasteiger charge is -2.40. The molecule has 1 saturated heterocycles. The molecular weight excluding hydrogens is 251 g/mol. The summed E-state index contributed by atoms with van der Waals surface area (Å²) in [6.07, 6.45) is 3.51. The van der Waals surface area contributed by atoms with Gasteiger partial charge in [0.25, 0.3) is 0 Å². The average molecular weight is 271 g/mol. The normalized spacial score (nSPS) is 25.3. The maximum absolute atomic E-state index is 13.4. The van der Waals surface area contributed by atoms with E-state index in [1.807, 2.05) is 6.07 Å². The van der Waals surface area contributed by atoms with Crippen molar-refractivity contribution in [1.82, 2.24) is 4.90 Å². The first kappa shape index (κ1) is 13.8. The van der Waals surface area contributed by atoms with Crippen LogP contribution in [0.5, 0.6) is 0 Å². The van der Waals surface area contributed by atoms with E-state index >= 15 is 0 Å². The smallest absolute Gasteiger partial charge is 0.142 e. The van der Waals surface area contributed by atoms with Gasteiger partial charge in [-0.3, -0.25) is 4.90 Å². The standard InChI is InChI=1S/C14H20ClFN2/c1-10-4-2-6-12(8-17)18(10)9-11-5-3-7-13(16)14(11)15/h3,5,7,10,12H,2,4,6,8-9,17H2,1H3. The van der Waals surface area contributed by atoms with Gasteiger partial charge in [0.1, 0.15) is 5.82 Å². The van der Waals surface area contributed by atoms with E-state index in [9.17, 15) is 4.39 Å². The molecule has 4 heteroatoms. The summed E-state index contributed by atoms with van der Waals surface area (Å²) >= 11 is 6.02. The lowest BCUT2D eigenvalue weighted by atomic mass is 9.95. The van der Waals surface area contributed by atoms with Crippen molar-refractivity contribution in [3.8, 4) is 0 Å². The van der Waals surface area contributed by atoms with Gasteiger partial charge < -0.3 is 5.73 Å². The summed E-state index contributed by atoms with van der Waals surface area (Å²) in [6, 6.07) is 5.86. The molecule has 2 unspecified atom stereocenters. The number of hydrogen-bond acceptors (Lipinski definition) is 2. The molecular formula is C14H20ClFN2. The number of rotatable bonds is 3. The van der Waals surface area contributed by atoms with Crippen LogP contribution in [-0.4, -0.2) is 23.5 Å². The van der Waals surface area contributed by atoms with Crippen molar-refractivity contribution < 1.29 is 4.39 Å². The van der Waals surface area contributed by atoms with Gasteiger partial charge in [-0.25, -0.2) is 4.39 Å². The van der Waals surface area contributed by atoms with E-state index in [-0.39, 0.29) is 10.8 Å². The number of hydrogen-bond donors (Lipinski definition) is 1. The number of benzene rings is 1. The molecule has 1 aliphatic rings. The van der Waals surface area contributed by atoms with Crippen LogP contribution in [0.2, 0.25) is 5.02 Å². The largest absolute Gasteiger partial charge is 0.329 e. The Bertz CT molecular complexity index is 411. The fourth-order valence-electron chi connectivity index (χ4n) is 2.75.